The van der Waals surface area contributed by atoms with E-state index in [1.165, 1.54) is 12.1 Å². The zero-order chi connectivity index (χ0) is 12.3. The van der Waals surface area contributed by atoms with Gasteiger partial charge in [0.1, 0.15) is 5.82 Å². The van der Waals surface area contributed by atoms with Crippen LogP contribution in [0, 0.1) is 12.7 Å². The number of halogens is 1. The predicted octanol–water partition coefficient (Wildman–Crippen LogP) is 3.77. The Morgan fingerprint density at radius 1 is 1.41 bits per heavy atom. The zero-order valence-electron chi connectivity index (χ0n) is 9.96. The monoisotopic (exact) mass is 250 g/mol. The van der Waals surface area contributed by atoms with Crippen molar-refractivity contribution in [2.45, 2.75) is 26.8 Å². The number of aryl methyl sites for hydroxylation is 2. The van der Waals surface area contributed by atoms with E-state index in [0.717, 1.165) is 28.4 Å². The Balaban J connectivity index is 2.04. The van der Waals surface area contributed by atoms with Gasteiger partial charge in [0.05, 0.1) is 17.2 Å². The largest absolute Gasteiger partial charge is 0.379 e. The molecular weight excluding hydrogens is 235 g/mol. The summed E-state index contributed by atoms with van der Waals surface area (Å²) in [5, 5.41) is 6.39. The number of thiazole rings is 1. The van der Waals surface area contributed by atoms with E-state index >= 15 is 0 Å². The number of hydrogen-bond donors (Lipinski definition) is 1. The fourth-order valence-corrected chi connectivity index (χ4v) is 2.31. The molecule has 2 nitrogen and oxygen atoms in total. The average Bonchev–Trinajstić information content (AvgIpc) is 2.78. The van der Waals surface area contributed by atoms with Gasteiger partial charge in [0.15, 0.2) is 0 Å². The van der Waals surface area contributed by atoms with E-state index in [-0.39, 0.29) is 5.82 Å². The number of rotatable bonds is 4. The van der Waals surface area contributed by atoms with Crippen LogP contribution in [0.2, 0.25) is 0 Å². The summed E-state index contributed by atoms with van der Waals surface area (Å²) >= 11 is 1.67. The second-order valence-electron chi connectivity index (χ2n) is 3.90. The van der Waals surface area contributed by atoms with Crippen molar-refractivity contribution in [3.8, 4) is 0 Å². The van der Waals surface area contributed by atoms with Crippen LogP contribution >= 0.6 is 11.3 Å². The van der Waals surface area contributed by atoms with Crippen molar-refractivity contribution in [1.82, 2.24) is 4.98 Å². The summed E-state index contributed by atoms with van der Waals surface area (Å²) in [4.78, 5) is 4.46. The molecule has 2 rings (SSSR count). The summed E-state index contributed by atoms with van der Waals surface area (Å²) in [7, 11) is 0. The summed E-state index contributed by atoms with van der Waals surface area (Å²) in [6.45, 7) is 4.69. The highest BCUT2D eigenvalue weighted by Crippen LogP contribution is 2.17. The molecule has 0 spiro atoms. The van der Waals surface area contributed by atoms with Crippen LogP contribution in [0.1, 0.15) is 23.2 Å². The van der Waals surface area contributed by atoms with Crippen molar-refractivity contribution in [3.63, 3.8) is 0 Å². The van der Waals surface area contributed by atoms with Crippen molar-refractivity contribution in [2.75, 3.05) is 5.32 Å². The number of hydrogen-bond acceptors (Lipinski definition) is 3. The van der Waals surface area contributed by atoms with Gasteiger partial charge in [0.2, 0.25) is 0 Å². The Hall–Kier alpha value is -1.42. The molecule has 0 aliphatic heterocycles. The molecule has 0 aliphatic carbocycles. The van der Waals surface area contributed by atoms with E-state index in [0.29, 0.717) is 6.54 Å². The van der Waals surface area contributed by atoms with Gasteiger partial charge in [-0.05, 0) is 31.0 Å². The van der Waals surface area contributed by atoms with E-state index in [4.69, 9.17) is 0 Å². The third-order valence-corrected chi connectivity index (χ3v) is 3.60. The zero-order valence-corrected chi connectivity index (χ0v) is 10.8. The first kappa shape index (κ1) is 12.0. The highest BCUT2D eigenvalue weighted by Gasteiger charge is 2.03. The fraction of sp³-hybridized carbons (Fsp3) is 0.308. The minimum atomic E-state index is -0.217. The first-order valence-electron chi connectivity index (χ1n) is 5.62. The molecule has 0 bridgehead atoms. The SMILES string of the molecule is CCc1nc(CNc2cc(F)ccc2C)cs1. The summed E-state index contributed by atoms with van der Waals surface area (Å²) in [5.41, 5.74) is 2.88. The quantitative estimate of drug-likeness (QED) is 0.893. The van der Waals surface area contributed by atoms with Crippen molar-refractivity contribution in [1.29, 1.82) is 0 Å². The molecule has 0 amide bonds. The molecule has 0 fully saturated rings. The van der Waals surface area contributed by atoms with Crippen LogP contribution in [0.3, 0.4) is 0 Å². The number of aromatic nitrogens is 1. The van der Waals surface area contributed by atoms with Gasteiger partial charge in [-0.1, -0.05) is 13.0 Å². The molecule has 4 heteroatoms. The molecule has 17 heavy (non-hydrogen) atoms. The van der Waals surface area contributed by atoms with Crippen molar-refractivity contribution in [2.24, 2.45) is 0 Å². The molecule has 0 saturated heterocycles. The maximum Gasteiger partial charge on any atom is 0.125 e. The number of benzene rings is 1. The van der Waals surface area contributed by atoms with Crippen LogP contribution < -0.4 is 5.32 Å². The van der Waals surface area contributed by atoms with Crippen LogP contribution in [0.5, 0.6) is 0 Å². The Morgan fingerprint density at radius 2 is 2.24 bits per heavy atom. The fourth-order valence-electron chi connectivity index (χ4n) is 1.56. The molecule has 0 unspecified atom stereocenters. The van der Waals surface area contributed by atoms with E-state index in [1.54, 1.807) is 17.4 Å². The van der Waals surface area contributed by atoms with Gasteiger partial charge in [0, 0.05) is 11.1 Å². The van der Waals surface area contributed by atoms with Gasteiger partial charge >= 0.3 is 0 Å². The van der Waals surface area contributed by atoms with E-state index in [1.807, 2.05) is 12.3 Å². The molecule has 90 valence electrons. The topological polar surface area (TPSA) is 24.9 Å². The molecule has 0 radical (unpaired) electrons. The Morgan fingerprint density at radius 3 is 2.94 bits per heavy atom. The third kappa shape index (κ3) is 3.03. The molecule has 0 atom stereocenters. The van der Waals surface area contributed by atoms with Gasteiger partial charge in [-0.15, -0.1) is 11.3 Å². The van der Waals surface area contributed by atoms with Crippen LogP contribution in [-0.2, 0) is 13.0 Å². The smallest absolute Gasteiger partial charge is 0.125 e. The maximum absolute atomic E-state index is 13.1. The van der Waals surface area contributed by atoms with Gasteiger partial charge in [-0.25, -0.2) is 9.37 Å². The van der Waals surface area contributed by atoms with Gasteiger partial charge < -0.3 is 5.32 Å². The van der Waals surface area contributed by atoms with Gasteiger partial charge in [-0.3, -0.25) is 0 Å². The van der Waals surface area contributed by atoms with Crippen LogP contribution in [0.15, 0.2) is 23.6 Å². The summed E-state index contributed by atoms with van der Waals surface area (Å²) in [6, 6.07) is 4.76. The second-order valence-corrected chi connectivity index (χ2v) is 4.84. The lowest BCUT2D eigenvalue weighted by Gasteiger charge is -2.07. The molecule has 1 heterocycles. The van der Waals surface area contributed by atoms with E-state index < -0.39 is 0 Å². The lowest BCUT2D eigenvalue weighted by Crippen LogP contribution is -2.02. The van der Waals surface area contributed by atoms with Crippen molar-refractivity contribution >= 4 is 17.0 Å². The molecular formula is C13H15FN2S. The number of anilines is 1. The Bertz CT molecular complexity index is 508. The minimum absolute atomic E-state index is 0.217. The van der Waals surface area contributed by atoms with Crippen molar-refractivity contribution < 1.29 is 4.39 Å². The highest BCUT2D eigenvalue weighted by atomic mass is 32.1. The molecule has 1 aromatic carbocycles. The molecule has 0 saturated carbocycles. The van der Waals surface area contributed by atoms with Crippen LogP contribution in [0.25, 0.3) is 0 Å². The second kappa shape index (κ2) is 5.27. The number of nitrogens with one attached hydrogen (secondary N) is 1. The molecule has 0 aliphatic rings. The minimum Gasteiger partial charge on any atom is -0.379 e. The highest BCUT2D eigenvalue weighted by molar-refractivity contribution is 7.09. The normalized spacial score (nSPS) is 10.5. The first-order chi connectivity index (χ1) is 8.19. The number of nitrogens with zero attached hydrogens (tertiary/aromatic N) is 1. The first-order valence-corrected chi connectivity index (χ1v) is 6.50. The maximum atomic E-state index is 13.1. The summed E-state index contributed by atoms with van der Waals surface area (Å²) in [5.74, 6) is -0.217. The van der Waals surface area contributed by atoms with Gasteiger partial charge in [0.25, 0.3) is 0 Å². The standard InChI is InChI=1S/C13H15FN2S/c1-3-13-16-11(8-17-13)7-15-12-6-10(14)5-4-9(12)2/h4-6,8,15H,3,7H2,1-2H3. The summed E-state index contributed by atoms with van der Waals surface area (Å²) < 4.78 is 13.1. The van der Waals surface area contributed by atoms with Crippen molar-refractivity contribution in [3.05, 3.63) is 45.7 Å². The molecule has 1 aromatic heterocycles. The molecule has 1 N–H and O–H groups in total. The average molecular weight is 250 g/mol. The Labute approximate surface area is 105 Å². The summed E-state index contributed by atoms with van der Waals surface area (Å²) in [6.07, 6.45) is 0.962. The molecule has 2 aromatic rings. The lowest BCUT2D eigenvalue weighted by atomic mass is 10.2. The van der Waals surface area contributed by atoms with E-state index in [2.05, 4.69) is 17.2 Å². The predicted molar refractivity (Wildman–Crippen MR) is 70.0 cm³/mol. The van der Waals surface area contributed by atoms with Crippen LogP contribution in [-0.4, -0.2) is 4.98 Å². The van der Waals surface area contributed by atoms with Crippen LogP contribution in [0.4, 0.5) is 10.1 Å². The van der Waals surface area contributed by atoms with E-state index in [9.17, 15) is 4.39 Å². The third-order valence-electron chi connectivity index (χ3n) is 2.56. The lowest BCUT2D eigenvalue weighted by molar-refractivity contribution is 0.628. The Kier molecular flexibility index (Phi) is 3.74. The van der Waals surface area contributed by atoms with Gasteiger partial charge in [-0.2, -0.15) is 0 Å².